The van der Waals surface area contributed by atoms with Gasteiger partial charge in [-0.25, -0.2) is 4.39 Å². The predicted molar refractivity (Wildman–Crippen MR) is 106 cm³/mol. The van der Waals surface area contributed by atoms with Crippen molar-refractivity contribution in [2.75, 3.05) is 10.6 Å². The SMILES string of the molecule is Fc1cccc(Nc2nncc(Nc3ccc(Oc4ccccc4)cc3)n2)c1. The molecule has 0 spiro atoms. The number of rotatable bonds is 6. The molecule has 0 unspecified atom stereocenters. The lowest BCUT2D eigenvalue weighted by molar-refractivity contribution is 0.483. The standard InChI is InChI=1S/C21H16FN5O/c22-15-5-4-6-17(13-15)25-21-26-20(14-23-27-21)24-16-9-11-19(12-10-16)28-18-7-2-1-3-8-18/h1-14H,(H2,24,25,26,27). The number of benzene rings is 3. The zero-order valence-corrected chi connectivity index (χ0v) is 14.7. The van der Waals surface area contributed by atoms with Crippen LogP contribution in [0.2, 0.25) is 0 Å². The van der Waals surface area contributed by atoms with Gasteiger partial charge in [0.15, 0.2) is 5.82 Å². The molecule has 1 aromatic heterocycles. The molecular formula is C21H16FN5O. The molecule has 0 amide bonds. The largest absolute Gasteiger partial charge is 0.457 e. The van der Waals surface area contributed by atoms with Crippen LogP contribution in [0.1, 0.15) is 0 Å². The van der Waals surface area contributed by atoms with Crippen LogP contribution in [-0.4, -0.2) is 15.2 Å². The first-order valence-corrected chi connectivity index (χ1v) is 8.57. The highest BCUT2D eigenvalue weighted by molar-refractivity contribution is 5.59. The first-order valence-electron chi connectivity index (χ1n) is 8.57. The van der Waals surface area contributed by atoms with Crippen LogP contribution in [0.5, 0.6) is 11.5 Å². The fourth-order valence-electron chi connectivity index (χ4n) is 2.49. The van der Waals surface area contributed by atoms with Crippen molar-refractivity contribution in [1.82, 2.24) is 15.2 Å². The van der Waals surface area contributed by atoms with Gasteiger partial charge in [-0.2, -0.15) is 10.1 Å². The van der Waals surface area contributed by atoms with Crippen molar-refractivity contribution < 1.29 is 9.13 Å². The molecule has 138 valence electrons. The summed E-state index contributed by atoms with van der Waals surface area (Å²) in [6.07, 6.45) is 1.51. The monoisotopic (exact) mass is 373 g/mol. The average molecular weight is 373 g/mol. The van der Waals surface area contributed by atoms with Gasteiger partial charge in [-0.15, -0.1) is 5.10 Å². The molecular weight excluding hydrogens is 357 g/mol. The Morgan fingerprint density at radius 3 is 2.32 bits per heavy atom. The van der Waals surface area contributed by atoms with Crippen LogP contribution < -0.4 is 15.4 Å². The summed E-state index contributed by atoms with van der Waals surface area (Å²) in [4.78, 5) is 4.33. The van der Waals surface area contributed by atoms with Gasteiger partial charge in [0.05, 0.1) is 6.20 Å². The van der Waals surface area contributed by atoms with E-state index in [0.717, 1.165) is 17.2 Å². The number of para-hydroxylation sites is 1. The summed E-state index contributed by atoms with van der Waals surface area (Å²) in [7, 11) is 0. The molecule has 0 fully saturated rings. The Morgan fingerprint density at radius 2 is 1.54 bits per heavy atom. The molecule has 0 aliphatic heterocycles. The summed E-state index contributed by atoms with van der Waals surface area (Å²) in [5.74, 6) is 1.93. The van der Waals surface area contributed by atoms with Crippen molar-refractivity contribution in [2.45, 2.75) is 0 Å². The lowest BCUT2D eigenvalue weighted by Gasteiger charge is -2.09. The second-order valence-corrected chi connectivity index (χ2v) is 5.87. The van der Waals surface area contributed by atoms with E-state index < -0.39 is 0 Å². The Morgan fingerprint density at radius 1 is 0.750 bits per heavy atom. The summed E-state index contributed by atoms with van der Waals surface area (Å²) in [6.45, 7) is 0. The summed E-state index contributed by atoms with van der Waals surface area (Å²) in [5.41, 5.74) is 1.36. The van der Waals surface area contributed by atoms with Crippen LogP contribution in [-0.2, 0) is 0 Å². The zero-order valence-electron chi connectivity index (χ0n) is 14.7. The Balaban J connectivity index is 1.42. The molecule has 1 heterocycles. The molecule has 0 aliphatic rings. The van der Waals surface area contributed by atoms with E-state index in [1.165, 1.54) is 18.3 Å². The predicted octanol–water partition coefficient (Wildman–Crippen LogP) is 5.29. The average Bonchev–Trinajstić information content (AvgIpc) is 2.71. The van der Waals surface area contributed by atoms with E-state index in [1.54, 1.807) is 12.1 Å². The van der Waals surface area contributed by atoms with E-state index in [-0.39, 0.29) is 11.8 Å². The quantitative estimate of drug-likeness (QED) is 0.478. The molecule has 0 bridgehead atoms. The first-order chi connectivity index (χ1) is 13.7. The highest BCUT2D eigenvalue weighted by Crippen LogP contribution is 2.24. The first kappa shape index (κ1) is 17.4. The van der Waals surface area contributed by atoms with Crippen LogP contribution >= 0.6 is 0 Å². The third-order valence-corrected chi connectivity index (χ3v) is 3.75. The molecule has 4 rings (SSSR count). The van der Waals surface area contributed by atoms with Crippen LogP contribution in [0.25, 0.3) is 0 Å². The second kappa shape index (κ2) is 8.13. The molecule has 0 aliphatic carbocycles. The number of anilines is 4. The lowest BCUT2D eigenvalue weighted by Crippen LogP contribution is -2.02. The molecule has 0 saturated carbocycles. The van der Waals surface area contributed by atoms with Crippen molar-refractivity contribution in [3.05, 3.63) is 90.9 Å². The number of aromatic nitrogens is 3. The van der Waals surface area contributed by atoms with Crippen LogP contribution in [0, 0.1) is 5.82 Å². The van der Waals surface area contributed by atoms with Crippen molar-refractivity contribution >= 4 is 23.1 Å². The van der Waals surface area contributed by atoms with Crippen molar-refractivity contribution in [2.24, 2.45) is 0 Å². The minimum atomic E-state index is -0.343. The van der Waals surface area contributed by atoms with Crippen molar-refractivity contribution in [3.63, 3.8) is 0 Å². The van der Waals surface area contributed by atoms with E-state index in [2.05, 4.69) is 25.8 Å². The molecule has 4 aromatic rings. The van der Waals surface area contributed by atoms with Gasteiger partial charge in [-0.05, 0) is 54.6 Å². The molecule has 0 radical (unpaired) electrons. The molecule has 0 saturated heterocycles. The van der Waals surface area contributed by atoms with Gasteiger partial charge in [0.2, 0.25) is 5.95 Å². The fourth-order valence-corrected chi connectivity index (χ4v) is 2.49. The smallest absolute Gasteiger partial charge is 0.249 e. The fraction of sp³-hybridized carbons (Fsp3) is 0. The molecule has 3 aromatic carbocycles. The summed E-state index contributed by atoms with van der Waals surface area (Å²) < 4.78 is 19.1. The minimum absolute atomic E-state index is 0.264. The van der Waals surface area contributed by atoms with Crippen LogP contribution in [0.3, 0.4) is 0 Å². The maximum atomic E-state index is 13.3. The maximum Gasteiger partial charge on any atom is 0.249 e. The van der Waals surface area contributed by atoms with Gasteiger partial charge in [0.1, 0.15) is 17.3 Å². The third-order valence-electron chi connectivity index (χ3n) is 3.75. The van der Waals surface area contributed by atoms with Gasteiger partial charge in [-0.3, -0.25) is 0 Å². The summed E-state index contributed by atoms with van der Waals surface area (Å²) in [5, 5.41) is 13.9. The van der Waals surface area contributed by atoms with Crippen molar-refractivity contribution in [1.29, 1.82) is 0 Å². The van der Waals surface area contributed by atoms with E-state index in [4.69, 9.17) is 4.74 Å². The normalized spacial score (nSPS) is 10.3. The summed E-state index contributed by atoms with van der Waals surface area (Å²) in [6, 6.07) is 23.1. The van der Waals surface area contributed by atoms with E-state index in [1.807, 2.05) is 54.6 Å². The number of hydrogen-bond acceptors (Lipinski definition) is 6. The van der Waals surface area contributed by atoms with Crippen LogP contribution in [0.4, 0.5) is 27.5 Å². The molecule has 2 N–H and O–H groups in total. The Hall–Kier alpha value is -4.00. The highest BCUT2D eigenvalue weighted by Gasteiger charge is 2.04. The lowest BCUT2D eigenvalue weighted by atomic mass is 10.3. The topological polar surface area (TPSA) is 72.0 Å². The molecule has 28 heavy (non-hydrogen) atoms. The minimum Gasteiger partial charge on any atom is -0.457 e. The van der Waals surface area contributed by atoms with E-state index in [9.17, 15) is 4.39 Å². The number of ether oxygens (including phenoxy) is 1. The van der Waals surface area contributed by atoms with Gasteiger partial charge >= 0.3 is 0 Å². The summed E-state index contributed by atoms with van der Waals surface area (Å²) >= 11 is 0. The molecule has 7 heteroatoms. The van der Waals surface area contributed by atoms with Gasteiger partial charge in [0, 0.05) is 11.4 Å². The Labute approximate surface area is 161 Å². The second-order valence-electron chi connectivity index (χ2n) is 5.87. The van der Waals surface area contributed by atoms with Gasteiger partial charge in [0.25, 0.3) is 0 Å². The number of halogens is 1. The number of nitrogens with one attached hydrogen (secondary N) is 2. The maximum absolute atomic E-state index is 13.3. The van der Waals surface area contributed by atoms with E-state index in [0.29, 0.717) is 11.5 Å². The zero-order chi connectivity index (χ0) is 19.2. The van der Waals surface area contributed by atoms with Gasteiger partial charge in [-0.1, -0.05) is 24.3 Å². The number of nitrogens with zero attached hydrogens (tertiary/aromatic N) is 3. The molecule has 0 atom stereocenters. The van der Waals surface area contributed by atoms with Crippen LogP contribution in [0.15, 0.2) is 85.1 Å². The van der Waals surface area contributed by atoms with Crippen molar-refractivity contribution in [3.8, 4) is 11.5 Å². The number of hydrogen-bond donors (Lipinski definition) is 2. The Kier molecular flexibility index (Phi) is 5.06. The van der Waals surface area contributed by atoms with E-state index >= 15 is 0 Å². The Bertz CT molecular complexity index is 1060. The third kappa shape index (κ3) is 4.59. The van der Waals surface area contributed by atoms with Gasteiger partial charge < -0.3 is 15.4 Å². The molecule has 6 nitrogen and oxygen atoms in total. The highest BCUT2D eigenvalue weighted by atomic mass is 19.1.